The van der Waals surface area contributed by atoms with Gasteiger partial charge in [-0.3, -0.25) is 9.59 Å². The molecule has 1 aromatic rings. The number of likely N-dealkylation sites (N-methyl/N-ethyl adjacent to an activating group) is 1. The first-order chi connectivity index (χ1) is 7.04. The number of hydrogen-bond acceptors (Lipinski definition) is 3. The summed E-state index contributed by atoms with van der Waals surface area (Å²) < 4.78 is 0. The van der Waals surface area contributed by atoms with Crippen molar-refractivity contribution < 1.29 is 14.7 Å². The largest absolute Gasteiger partial charge is 0.480 e. The van der Waals surface area contributed by atoms with Crippen LogP contribution in [-0.2, 0) is 4.79 Å². The predicted octanol–water partition coefficient (Wildman–Crippen LogP) is 1.33. The average Bonchev–Trinajstić information content (AvgIpc) is 2.16. The first kappa shape index (κ1) is 11.2. The van der Waals surface area contributed by atoms with Gasteiger partial charge < -0.3 is 10.0 Å². The van der Waals surface area contributed by atoms with E-state index in [1.54, 1.807) is 24.1 Å². The molecule has 0 aliphatic carbocycles. The summed E-state index contributed by atoms with van der Waals surface area (Å²) in [6.07, 6.45) is 0.729. The number of carbonyl (C=O) groups excluding carboxylic acids is 1. The summed E-state index contributed by atoms with van der Waals surface area (Å²) in [5.41, 5.74) is 2.14. The summed E-state index contributed by atoms with van der Waals surface area (Å²) >= 11 is 0. The van der Waals surface area contributed by atoms with E-state index in [-0.39, 0.29) is 6.54 Å². The molecule has 4 nitrogen and oxygen atoms in total. The van der Waals surface area contributed by atoms with Crippen LogP contribution in [0.25, 0.3) is 0 Å². The molecule has 0 unspecified atom stereocenters. The molecular formula is C11H13NO3. The van der Waals surface area contributed by atoms with Gasteiger partial charge in [0.25, 0.3) is 0 Å². The summed E-state index contributed by atoms with van der Waals surface area (Å²) in [6, 6.07) is 5.31. The Labute approximate surface area is 88.1 Å². The number of carbonyl (C=O) groups is 2. The summed E-state index contributed by atoms with van der Waals surface area (Å²) in [5.74, 6) is -0.921. The first-order valence-corrected chi connectivity index (χ1v) is 4.53. The van der Waals surface area contributed by atoms with E-state index in [1.807, 2.05) is 13.0 Å². The Bertz CT molecular complexity index is 387. The van der Waals surface area contributed by atoms with Crippen LogP contribution in [0.4, 0.5) is 5.69 Å². The highest BCUT2D eigenvalue weighted by atomic mass is 16.4. The van der Waals surface area contributed by atoms with Crippen LogP contribution in [0.2, 0.25) is 0 Å². The number of carboxylic acid groups (broad SMARTS) is 1. The number of hydrogen-bond donors (Lipinski definition) is 1. The van der Waals surface area contributed by atoms with Crippen molar-refractivity contribution in [2.45, 2.75) is 6.92 Å². The lowest BCUT2D eigenvalue weighted by molar-refractivity contribution is -0.135. The molecule has 1 N–H and O–H groups in total. The molecule has 0 aromatic heterocycles. The quantitative estimate of drug-likeness (QED) is 0.757. The van der Waals surface area contributed by atoms with Crippen LogP contribution in [0, 0.1) is 6.92 Å². The molecule has 15 heavy (non-hydrogen) atoms. The fourth-order valence-corrected chi connectivity index (χ4v) is 1.37. The van der Waals surface area contributed by atoms with Gasteiger partial charge in [-0.15, -0.1) is 0 Å². The highest BCUT2D eigenvalue weighted by Crippen LogP contribution is 2.19. The van der Waals surface area contributed by atoms with Crippen LogP contribution >= 0.6 is 0 Å². The minimum atomic E-state index is -0.921. The second-order valence-corrected chi connectivity index (χ2v) is 3.43. The van der Waals surface area contributed by atoms with E-state index in [1.165, 1.54) is 0 Å². The molecule has 0 radical (unpaired) electrons. The molecule has 80 valence electrons. The number of aryl methyl sites for hydroxylation is 1. The molecule has 0 fully saturated rings. The number of aldehydes is 1. The molecular weight excluding hydrogens is 194 g/mol. The lowest BCUT2D eigenvalue weighted by Crippen LogP contribution is -2.26. The fraction of sp³-hybridized carbons (Fsp3) is 0.273. The Hall–Kier alpha value is -1.84. The zero-order valence-corrected chi connectivity index (χ0v) is 8.73. The van der Waals surface area contributed by atoms with E-state index in [9.17, 15) is 9.59 Å². The molecule has 1 aromatic carbocycles. The minimum absolute atomic E-state index is 0.121. The standard InChI is InChI=1S/C11H13NO3/c1-8-3-4-9(7-13)10(5-8)12(2)6-11(14)15/h3-5,7H,6H2,1-2H3,(H,14,15). The lowest BCUT2D eigenvalue weighted by Gasteiger charge is -2.19. The SMILES string of the molecule is Cc1ccc(C=O)c(N(C)CC(=O)O)c1. The second-order valence-electron chi connectivity index (χ2n) is 3.43. The maximum absolute atomic E-state index is 10.8. The van der Waals surface area contributed by atoms with E-state index < -0.39 is 5.97 Å². The summed E-state index contributed by atoms with van der Waals surface area (Å²) in [7, 11) is 1.65. The van der Waals surface area contributed by atoms with Gasteiger partial charge in [-0.05, 0) is 24.6 Å². The van der Waals surface area contributed by atoms with Crippen molar-refractivity contribution >= 4 is 17.9 Å². The van der Waals surface area contributed by atoms with Gasteiger partial charge in [0.2, 0.25) is 0 Å². The predicted molar refractivity (Wildman–Crippen MR) is 57.5 cm³/mol. The topological polar surface area (TPSA) is 57.6 Å². The third-order valence-corrected chi connectivity index (χ3v) is 2.10. The van der Waals surface area contributed by atoms with E-state index in [0.717, 1.165) is 11.8 Å². The third-order valence-electron chi connectivity index (χ3n) is 2.10. The van der Waals surface area contributed by atoms with Gasteiger partial charge >= 0.3 is 5.97 Å². The van der Waals surface area contributed by atoms with Crippen molar-refractivity contribution in [1.29, 1.82) is 0 Å². The van der Waals surface area contributed by atoms with Crippen molar-refractivity contribution in [3.8, 4) is 0 Å². The Morgan fingerprint density at radius 1 is 1.53 bits per heavy atom. The van der Waals surface area contributed by atoms with Crippen molar-refractivity contribution in [2.24, 2.45) is 0 Å². The maximum Gasteiger partial charge on any atom is 0.323 e. The Balaban J connectivity index is 3.04. The van der Waals surface area contributed by atoms with Gasteiger partial charge in [-0.25, -0.2) is 0 Å². The monoisotopic (exact) mass is 207 g/mol. The summed E-state index contributed by atoms with van der Waals surface area (Å²) in [6.45, 7) is 1.77. The molecule has 1 rings (SSSR count). The first-order valence-electron chi connectivity index (χ1n) is 4.53. The van der Waals surface area contributed by atoms with Crippen LogP contribution in [0.5, 0.6) is 0 Å². The molecule has 0 amide bonds. The van der Waals surface area contributed by atoms with E-state index in [4.69, 9.17) is 5.11 Å². The number of rotatable bonds is 4. The van der Waals surface area contributed by atoms with E-state index >= 15 is 0 Å². The molecule has 0 atom stereocenters. The molecule has 0 heterocycles. The van der Waals surface area contributed by atoms with Crippen molar-refractivity contribution in [3.63, 3.8) is 0 Å². The van der Waals surface area contributed by atoms with Crippen LogP contribution in [0.3, 0.4) is 0 Å². The van der Waals surface area contributed by atoms with Crippen LogP contribution in [0.15, 0.2) is 18.2 Å². The van der Waals surface area contributed by atoms with Crippen molar-refractivity contribution in [1.82, 2.24) is 0 Å². The fourth-order valence-electron chi connectivity index (χ4n) is 1.37. The van der Waals surface area contributed by atoms with Gasteiger partial charge in [-0.1, -0.05) is 6.07 Å². The Morgan fingerprint density at radius 2 is 2.20 bits per heavy atom. The molecule has 0 spiro atoms. The van der Waals surface area contributed by atoms with Crippen molar-refractivity contribution in [3.05, 3.63) is 29.3 Å². The molecule has 0 saturated carbocycles. The second kappa shape index (κ2) is 4.59. The molecule has 4 heteroatoms. The summed E-state index contributed by atoms with van der Waals surface area (Å²) in [4.78, 5) is 22.8. The molecule has 0 aliphatic rings. The van der Waals surface area contributed by atoms with Gasteiger partial charge in [-0.2, -0.15) is 0 Å². The van der Waals surface area contributed by atoms with Crippen LogP contribution in [-0.4, -0.2) is 31.0 Å². The zero-order chi connectivity index (χ0) is 11.4. The van der Waals surface area contributed by atoms with E-state index in [0.29, 0.717) is 11.3 Å². The minimum Gasteiger partial charge on any atom is -0.480 e. The van der Waals surface area contributed by atoms with Gasteiger partial charge in [0.1, 0.15) is 6.54 Å². The Kier molecular flexibility index (Phi) is 3.44. The molecule has 0 saturated heterocycles. The average molecular weight is 207 g/mol. The smallest absolute Gasteiger partial charge is 0.323 e. The van der Waals surface area contributed by atoms with Crippen LogP contribution < -0.4 is 4.90 Å². The number of anilines is 1. The molecule has 0 aliphatic heterocycles. The lowest BCUT2D eigenvalue weighted by atomic mass is 10.1. The normalized spacial score (nSPS) is 9.73. The highest BCUT2D eigenvalue weighted by molar-refractivity contribution is 5.86. The van der Waals surface area contributed by atoms with Gasteiger partial charge in [0.15, 0.2) is 6.29 Å². The molecule has 0 bridgehead atoms. The zero-order valence-electron chi connectivity index (χ0n) is 8.73. The maximum atomic E-state index is 10.8. The number of benzene rings is 1. The highest BCUT2D eigenvalue weighted by Gasteiger charge is 2.09. The number of aliphatic carboxylic acids is 1. The summed E-state index contributed by atoms with van der Waals surface area (Å²) in [5, 5.41) is 8.65. The number of nitrogens with zero attached hydrogens (tertiary/aromatic N) is 1. The van der Waals surface area contributed by atoms with Crippen molar-refractivity contribution in [2.75, 3.05) is 18.5 Å². The van der Waals surface area contributed by atoms with Gasteiger partial charge in [0, 0.05) is 18.3 Å². The van der Waals surface area contributed by atoms with Gasteiger partial charge in [0.05, 0.1) is 0 Å². The third kappa shape index (κ3) is 2.80. The van der Waals surface area contributed by atoms with E-state index in [2.05, 4.69) is 0 Å². The van der Waals surface area contributed by atoms with Crippen LogP contribution in [0.1, 0.15) is 15.9 Å². The Morgan fingerprint density at radius 3 is 2.73 bits per heavy atom. The number of carboxylic acids is 1.